The summed E-state index contributed by atoms with van der Waals surface area (Å²) >= 11 is 0. The van der Waals surface area contributed by atoms with Gasteiger partial charge >= 0.3 is 0 Å². The molecule has 0 spiro atoms. The maximum atomic E-state index is 12.4. The van der Waals surface area contributed by atoms with Gasteiger partial charge in [-0.05, 0) is 67.9 Å². The molecule has 0 bridgehead atoms. The van der Waals surface area contributed by atoms with Crippen LogP contribution in [0.25, 0.3) is 0 Å². The number of aliphatic hydroxyl groups excluding tert-OH is 1. The second-order valence-electron chi connectivity index (χ2n) is 8.28. The van der Waals surface area contributed by atoms with Gasteiger partial charge in [0.05, 0.1) is 17.6 Å². The maximum absolute atomic E-state index is 12.4. The van der Waals surface area contributed by atoms with E-state index >= 15 is 0 Å². The zero-order valence-electron chi connectivity index (χ0n) is 15.4. The van der Waals surface area contributed by atoms with Crippen molar-refractivity contribution in [1.82, 2.24) is 0 Å². The third-order valence-electron chi connectivity index (χ3n) is 6.65. The lowest BCUT2D eigenvalue weighted by Gasteiger charge is -2.45. The maximum Gasteiger partial charge on any atom is 0.296 e. The summed E-state index contributed by atoms with van der Waals surface area (Å²) in [7, 11) is -3.71. The minimum atomic E-state index is -3.71. The third kappa shape index (κ3) is 3.64. The van der Waals surface area contributed by atoms with E-state index in [4.69, 9.17) is 4.18 Å². The first kappa shape index (κ1) is 18.9. The molecule has 5 heteroatoms. The molecule has 0 aliphatic heterocycles. The van der Waals surface area contributed by atoms with Crippen LogP contribution in [0.15, 0.2) is 29.2 Å². The molecule has 0 heterocycles. The van der Waals surface area contributed by atoms with Crippen LogP contribution in [0.3, 0.4) is 0 Å². The minimum absolute atomic E-state index is 0.105. The van der Waals surface area contributed by atoms with Gasteiger partial charge in [0, 0.05) is 0 Å². The number of rotatable bonds is 5. The SMILES string of the molecule is Cc1ccc(S(=O)(=O)OC[C@@H](C)C2CCC3[C@@H](O)CCCC23C)cc1. The molecule has 5 atom stereocenters. The van der Waals surface area contributed by atoms with Crippen molar-refractivity contribution in [1.29, 1.82) is 0 Å². The summed E-state index contributed by atoms with van der Waals surface area (Å²) in [5.41, 5.74) is 1.13. The summed E-state index contributed by atoms with van der Waals surface area (Å²) < 4.78 is 30.2. The van der Waals surface area contributed by atoms with E-state index in [0.29, 0.717) is 11.8 Å². The van der Waals surface area contributed by atoms with Gasteiger partial charge in [-0.3, -0.25) is 4.18 Å². The van der Waals surface area contributed by atoms with Gasteiger partial charge in [-0.2, -0.15) is 8.42 Å². The second kappa shape index (κ2) is 7.01. The standard InChI is InChI=1S/C20H30O4S/c1-14-6-8-16(9-7-14)25(22,23)24-13-15(2)17-10-11-18-19(21)5-4-12-20(17,18)3/h6-9,15,17-19,21H,4-5,10-13H2,1-3H3/t15-,17?,18?,19+,20?/m1/s1. The Kier molecular flexibility index (Phi) is 5.29. The Labute approximate surface area is 151 Å². The van der Waals surface area contributed by atoms with Crippen molar-refractivity contribution < 1.29 is 17.7 Å². The van der Waals surface area contributed by atoms with Gasteiger partial charge in [0.2, 0.25) is 0 Å². The molecule has 3 rings (SSSR count). The molecule has 140 valence electrons. The number of benzene rings is 1. The first-order valence-electron chi connectivity index (χ1n) is 9.38. The molecule has 25 heavy (non-hydrogen) atoms. The molecule has 1 aromatic carbocycles. The quantitative estimate of drug-likeness (QED) is 0.803. The largest absolute Gasteiger partial charge is 0.393 e. The van der Waals surface area contributed by atoms with Crippen LogP contribution < -0.4 is 0 Å². The molecular formula is C20H30O4S. The summed E-state index contributed by atoms with van der Waals surface area (Å²) in [4.78, 5) is 0.217. The number of aliphatic hydroxyl groups is 1. The Bertz CT molecular complexity index is 697. The lowest BCUT2D eigenvalue weighted by Crippen LogP contribution is -2.42. The minimum Gasteiger partial charge on any atom is -0.393 e. The van der Waals surface area contributed by atoms with Crippen molar-refractivity contribution in [2.24, 2.45) is 23.2 Å². The van der Waals surface area contributed by atoms with Crippen LogP contribution in [0.4, 0.5) is 0 Å². The summed E-state index contributed by atoms with van der Waals surface area (Å²) in [5.74, 6) is 0.906. The molecule has 3 unspecified atom stereocenters. The summed E-state index contributed by atoms with van der Waals surface area (Å²) in [6.45, 7) is 6.50. The van der Waals surface area contributed by atoms with Crippen LogP contribution in [-0.2, 0) is 14.3 Å². The normalized spacial score (nSPS) is 33.8. The summed E-state index contributed by atoms with van der Waals surface area (Å²) in [6, 6.07) is 6.76. The van der Waals surface area contributed by atoms with Gasteiger partial charge < -0.3 is 5.11 Å². The van der Waals surface area contributed by atoms with E-state index in [0.717, 1.165) is 37.7 Å². The lowest BCUT2D eigenvalue weighted by atomic mass is 9.62. The van der Waals surface area contributed by atoms with Crippen LogP contribution in [0.5, 0.6) is 0 Å². The Hall–Kier alpha value is -0.910. The van der Waals surface area contributed by atoms with Crippen molar-refractivity contribution >= 4 is 10.1 Å². The number of hydrogen-bond donors (Lipinski definition) is 1. The molecule has 0 saturated heterocycles. The molecule has 0 amide bonds. The van der Waals surface area contributed by atoms with Crippen molar-refractivity contribution in [3.05, 3.63) is 29.8 Å². The highest BCUT2D eigenvalue weighted by Crippen LogP contribution is 2.57. The Morgan fingerprint density at radius 1 is 1.24 bits per heavy atom. The van der Waals surface area contributed by atoms with Gasteiger partial charge in [0.1, 0.15) is 0 Å². The average Bonchev–Trinajstić information content (AvgIpc) is 2.92. The molecule has 1 aromatic rings. The topological polar surface area (TPSA) is 63.6 Å². The van der Waals surface area contributed by atoms with E-state index in [1.165, 1.54) is 0 Å². The predicted octanol–water partition coefficient (Wildman–Crippen LogP) is 3.91. The Morgan fingerprint density at radius 2 is 1.92 bits per heavy atom. The molecule has 2 aliphatic carbocycles. The molecule has 0 radical (unpaired) electrons. The van der Waals surface area contributed by atoms with Crippen LogP contribution in [-0.4, -0.2) is 26.2 Å². The zero-order valence-corrected chi connectivity index (χ0v) is 16.3. The fourth-order valence-electron chi connectivity index (χ4n) is 5.21. The fourth-order valence-corrected chi connectivity index (χ4v) is 6.21. The van der Waals surface area contributed by atoms with Gasteiger partial charge in [0.25, 0.3) is 10.1 Å². The van der Waals surface area contributed by atoms with Crippen molar-refractivity contribution in [2.75, 3.05) is 6.61 Å². The molecule has 2 fully saturated rings. The van der Waals surface area contributed by atoms with Crippen LogP contribution >= 0.6 is 0 Å². The van der Waals surface area contributed by atoms with E-state index in [9.17, 15) is 13.5 Å². The molecule has 2 aliphatic rings. The van der Waals surface area contributed by atoms with E-state index in [1.807, 2.05) is 6.92 Å². The van der Waals surface area contributed by atoms with Crippen molar-refractivity contribution in [3.63, 3.8) is 0 Å². The first-order chi connectivity index (χ1) is 11.7. The monoisotopic (exact) mass is 366 g/mol. The Balaban J connectivity index is 1.66. The number of fused-ring (bicyclic) bond motifs is 1. The van der Waals surface area contributed by atoms with Gasteiger partial charge in [0.15, 0.2) is 0 Å². The highest BCUT2D eigenvalue weighted by Gasteiger charge is 2.52. The third-order valence-corrected chi connectivity index (χ3v) is 7.94. The molecule has 0 aromatic heterocycles. The Morgan fingerprint density at radius 3 is 2.60 bits per heavy atom. The van der Waals surface area contributed by atoms with E-state index in [1.54, 1.807) is 24.3 Å². The van der Waals surface area contributed by atoms with Gasteiger partial charge in [-0.25, -0.2) is 0 Å². The summed E-state index contributed by atoms with van der Waals surface area (Å²) in [5, 5.41) is 10.3. The average molecular weight is 367 g/mol. The highest BCUT2D eigenvalue weighted by atomic mass is 32.2. The molecule has 4 nitrogen and oxygen atoms in total. The molecular weight excluding hydrogens is 336 g/mol. The lowest BCUT2D eigenvalue weighted by molar-refractivity contribution is -0.0307. The van der Waals surface area contributed by atoms with Crippen LogP contribution in [0.1, 0.15) is 51.5 Å². The van der Waals surface area contributed by atoms with Crippen LogP contribution in [0.2, 0.25) is 0 Å². The first-order valence-corrected chi connectivity index (χ1v) is 10.8. The van der Waals surface area contributed by atoms with Gasteiger partial charge in [-0.1, -0.05) is 38.0 Å². The zero-order chi connectivity index (χ0) is 18.2. The van der Waals surface area contributed by atoms with E-state index in [-0.39, 0.29) is 28.9 Å². The number of hydrogen-bond acceptors (Lipinski definition) is 4. The molecule has 1 N–H and O–H groups in total. The number of aryl methyl sites for hydroxylation is 1. The fraction of sp³-hybridized carbons (Fsp3) is 0.700. The predicted molar refractivity (Wildman–Crippen MR) is 97.7 cm³/mol. The molecule has 2 saturated carbocycles. The smallest absolute Gasteiger partial charge is 0.296 e. The van der Waals surface area contributed by atoms with E-state index < -0.39 is 10.1 Å². The summed E-state index contributed by atoms with van der Waals surface area (Å²) in [6.07, 6.45) is 4.96. The van der Waals surface area contributed by atoms with Crippen molar-refractivity contribution in [2.45, 2.75) is 63.9 Å². The van der Waals surface area contributed by atoms with Gasteiger partial charge in [-0.15, -0.1) is 0 Å². The highest BCUT2D eigenvalue weighted by molar-refractivity contribution is 7.86. The van der Waals surface area contributed by atoms with Crippen LogP contribution in [0, 0.1) is 30.1 Å². The van der Waals surface area contributed by atoms with E-state index in [2.05, 4.69) is 13.8 Å². The van der Waals surface area contributed by atoms with Crippen molar-refractivity contribution in [3.8, 4) is 0 Å². The second-order valence-corrected chi connectivity index (χ2v) is 9.90.